The van der Waals surface area contributed by atoms with Gasteiger partial charge in [-0.15, -0.1) is 5.43 Å². The van der Waals surface area contributed by atoms with Crippen molar-refractivity contribution in [3.8, 4) is 0 Å². The van der Waals surface area contributed by atoms with Crippen molar-refractivity contribution >= 4 is 11.9 Å². The molecular formula is C4H6N2O6. The maximum Gasteiger partial charge on any atom is 0.332 e. The summed E-state index contributed by atoms with van der Waals surface area (Å²) in [5.74, 6) is -2.99. The number of hydrogen-bond donors (Lipinski definition) is 3. The monoisotopic (exact) mass is 178 g/mol. The predicted octanol–water partition coefficient (Wildman–Crippen LogP) is -1.30. The van der Waals surface area contributed by atoms with E-state index >= 15 is 0 Å². The molecule has 0 aromatic carbocycles. The van der Waals surface area contributed by atoms with Crippen molar-refractivity contribution in [2.45, 2.75) is 12.5 Å². The van der Waals surface area contributed by atoms with E-state index in [1.807, 2.05) is 0 Å². The number of aliphatic carboxylic acids is 2. The molecule has 0 aliphatic heterocycles. The molecule has 3 N–H and O–H groups in total. The number of carboxylic acid groups (broad SMARTS) is 2. The van der Waals surface area contributed by atoms with E-state index in [-0.39, 0.29) is 0 Å². The van der Waals surface area contributed by atoms with Gasteiger partial charge in [-0.3, -0.25) is 4.79 Å². The van der Waals surface area contributed by atoms with Crippen molar-refractivity contribution in [3.05, 3.63) is 10.1 Å². The van der Waals surface area contributed by atoms with Crippen molar-refractivity contribution in [2.75, 3.05) is 0 Å². The summed E-state index contributed by atoms with van der Waals surface area (Å²) >= 11 is 0. The quantitative estimate of drug-likeness (QED) is 0.352. The Bertz CT molecular complexity index is 198. The van der Waals surface area contributed by atoms with Crippen LogP contribution in [-0.2, 0) is 9.59 Å². The van der Waals surface area contributed by atoms with Crippen LogP contribution in [0.15, 0.2) is 0 Å². The number of hydrazine groups is 1. The maximum atomic E-state index is 10.1. The fraction of sp³-hybridized carbons (Fsp3) is 0.500. The Hall–Kier alpha value is -1.86. The van der Waals surface area contributed by atoms with Crippen LogP contribution in [-0.4, -0.2) is 33.2 Å². The topological polar surface area (TPSA) is 130 Å². The lowest BCUT2D eigenvalue weighted by Gasteiger charge is -2.04. The minimum absolute atomic E-state index is 0.837. The van der Waals surface area contributed by atoms with E-state index < -0.39 is 29.4 Å². The van der Waals surface area contributed by atoms with Gasteiger partial charge in [0, 0.05) is 0 Å². The zero-order valence-corrected chi connectivity index (χ0v) is 5.76. The molecule has 0 amide bonds. The Morgan fingerprint density at radius 2 is 2.00 bits per heavy atom. The van der Waals surface area contributed by atoms with E-state index in [2.05, 4.69) is 0 Å². The first kappa shape index (κ1) is 10.1. The molecule has 0 fully saturated rings. The van der Waals surface area contributed by atoms with Gasteiger partial charge in [-0.1, -0.05) is 0 Å². The first-order valence-corrected chi connectivity index (χ1v) is 2.78. The maximum absolute atomic E-state index is 10.1. The van der Waals surface area contributed by atoms with E-state index in [4.69, 9.17) is 10.2 Å². The number of nitro groups is 1. The molecule has 0 bridgehead atoms. The number of carbonyl (C=O) groups is 2. The molecule has 0 aromatic heterocycles. The summed E-state index contributed by atoms with van der Waals surface area (Å²) in [7, 11) is 0. The molecule has 8 nitrogen and oxygen atoms in total. The van der Waals surface area contributed by atoms with Crippen LogP contribution < -0.4 is 5.43 Å². The summed E-state index contributed by atoms with van der Waals surface area (Å²) < 4.78 is 0. The lowest BCUT2D eigenvalue weighted by Crippen LogP contribution is -2.41. The van der Waals surface area contributed by atoms with E-state index in [9.17, 15) is 19.7 Å². The minimum atomic E-state index is -1.70. The molecule has 68 valence electrons. The summed E-state index contributed by atoms with van der Waals surface area (Å²) in [5.41, 5.74) is 1.35. The summed E-state index contributed by atoms with van der Waals surface area (Å²) in [6.45, 7) is 0. The number of hydrogen-bond acceptors (Lipinski definition) is 4. The SMILES string of the molecule is O=C(O)C[C@H](N[N+](=O)[O-])C(=O)O. The normalized spacial score (nSPS) is 11.7. The first-order valence-electron chi connectivity index (χ1n) is 2.78. The molecule has 0 rings (SSSR count). The fourth-order valence-electron chi connectivity index (χ4n) is 0.490. The summed E-state index contributed by atoms with van der Waals surface area (Å²) in [6, 6.07) is -1.70. The third-order valence-electron chi connectivity index (χ3n) is 0.938. The van der Waals surface area contributed by atoms with Gasteiger partial charge in [-0.05, 0) is 0 Å². The van der Waals surface area contributed by atoms with Crippen molar-refractivity contribution in [1.82, 2.24) is 5.43 Å². The zero-order valence-electron chi connectivity index (χ0n) is 5.76. The van der Waals surface area contributed by atoms with Crippen LogP contribution in [0.25, 0.3) is 0 Å². The van der Waals surface area contributed by atoms with Gasteiger partial charge >= 0.3 is 11.9 Å². The van der Waals surface area contributed by atoms with Gasteiger partial charge in [0.1, 0.15) is 0 Å². The second-order valence-corrected chi connectivity index (χ2v) is 1.87. The third kappa shape index (κ3) is 4.04. The first-order chi connectivity index (χ1) is 5.43. The van der Waals surface area contributed by atoms with Crippen molar-refractivity contribution < 1.29 is 24.8 Å². The lowest BCUT2D eigenvalue weighted by molar-refractivity contribution is -0.548. The van der Waals surface area contributed by atoms with E-state index in [0.717, 1.165) is 0 Å². The molecule has 0 aliphatic rings. The van der Waals surface area contributed by atoms with Crippen LogP contribution in [0.4, 0.5) is 0 Å². The van der Waals surface area contributed by atoms with Crippen LogP contribution in [0.3, 0.4) is 0 Å². The Labute approximate surface area is 65.9 Å². The van der Waals surface area contributed by atoms with Gasteiger partial charge in [0.05, 0.1) is 6.42 Å². The highest BCUT2D eigenvalue weighted by Gasteiger charge is 2.24. The van der Waals surface area contributed by atoms with Crippen LogP contribution in [0.1, 0.15) is 6.42 Å². The molecule has 0 heterocycles. The molecular weight excluding hydrogens is 172 g/mol. The largest absolute Gasteiger partial charge is 0.481 e. The molecule has 12 heavy (non-hydrogen) atoms. The van der Waals surface area contributed by atoms with Gasteiger partial charge in [-0.25, -0.2) is 14.9 Å². The smallest absolute Gasteiger partial charge is 0.332 e. The second-order valence-electron chi connectivity index (χ2n) is 1.87. The molecule has 0 unspecified atom stereocenters. The minimum Gasteiger partial charge on any atom is -0.481 e. The van der Waals surface area contributed by atoms with Gasteiger partial charge in [0.25, 0.3) is 0 Å². The summed E-state index contributed by atoms with van der Waals surface area (Å²) in [4.78, 5) is 29.8. The molecule has 0 aliphatic carbocycles. The van der Waals surface area contributed by atoms with Crippen molar-refractivity contribution in [3.63, 3.8) is 0 Å². The van der Waals surface area contributed by atoms with Crippen LogP contribution in [0.2, 0.25) is 0 Å². The molecule has 0 spiro atoms. The third-order valence-corrected chi connectivity index (χ3v) is 0.938. The molecule has 8 heteroatoms. The Morgan fingerprint density at radius 1 is 1.50 bits per heavy atom. The average molecular weight is 178 g/mol. The van der Waals surface area contributed by atoms with Crippen LogP contribution in [0.5, 0.6) is 0 Å². The number of rotatable bonds is 5. The highest BCUT2D eigenvalue weighted by molar-refractivity contribution is 5.80. The van der Waals surface area contributed by atoms with Gasteiger partial charge in [-0.2, -0.15) is 0 Å². The molecule has 0 saturated carbocycles. The van der Waals surface area contributed by atoms with E-state index in [1.165, 1.54) is 5.43 Å². The van der Waals surface area contributed by atoms with Gasteiger partial charge in [0.2, 0.25) is 0 Å². The molecule has 0 radical (unpaired) electrons. The second kappa shape index (κ2) is 4.11. The molecule has 1 atom stereocenters. The van der Waals surface area contributed by atoms with E-state index in [1.54, 1.807) is 0 Å². The predicted molar refractivity (Wildman–Crippen MR) is 33.8 cm³/mol. The highest BCUT2D eigenvalue weighted by Crippen LogP contribution is 1.91. The van der Waals surface area contributed by atoms with Crippen LogP contribution >= 0.6 is 0 Å². The van der Waals surface area contributed by atoms with Gasteiger partial charge in [0.15, 0.2) is 11.1 Å². The van der Waals surface area contributed by atoms with E-state index in [0.29, 0.717) is 0 Å². The Balaban J connectivity index is 4.14. The lowest BCUT2D eigenvalue weighted by atomic mass is 10.2. The zero-order chi connectivity index (χ0) is 9.72. The highest BCUT2D eigenvalue weighted by atomic mass is 16.7. The summed E-state index contributed by atoms with van der Waals surface area (Å²) in [6.07, 6.45) is -0.837. The Morgan fingerprint density at radius 3 is 2.25 bits per heavy atom. The van der Waals surface area contributed by atoms with Crippen molar-refractivity contribution in [1.29, 1.82) is 0 Å². The standard InChI is InChI=1S/C4H6N2O6/c7-3(8)1-2(4(9)10)5-6(11)12/h2,5H,1H2,(H,7,8)(H,9,10)/t2-/m0/s1. The van der Waals surface area contributed by atoms with Crippen molar-refractivity contribution in [2.24, 2.45) is 0 Å². The summed E-state index contributed by atoms with van der Waals surface area (Å²) in [5, 5.41) is 25.0. The fourth-order valence-corrected chi connectivity index (χ4v) is 0.490. The Kier molecular flexibility index (Phi) is 3.47. The number of nitrogens with one attached hydrogen (secondary N) is 1. The molecule has 0 saturated heterocycles. The molecule has 0 aromatic rings. The van der Waals surface area contributed by atoms with Gasteiger partial charge < -0.3 is 10.2 Å². The number of nitrogens with zero attached hydrogens (tertiary/aromatic N) is 1. The van der Waals surface area contributed by atoms with Crippen LogP contribution in [0, 0.1) is 10.1 Å². The number of carboxylic acids is 2. The average Bonchev–Trinajstić information content (AvgIpc) is 1.83.